The molecular formula is C89H152O16P2. The Hall–Kier alpha value is -4.57. The molecule has 4 N–H and O–H groups in total. The molecule has 0 bridgehead atoms. The Balaban J connectivity index is 4.64. The van der Waals surface area contributed by atoms with Gasteiger partial charge in [0.2, 0.25) is 0 Å². The fraction of sp³-hybridized carbons (Fsp3) is 0.697. The van der Waals surface area contributed by atoms with Crippen LogP contribution < -0.4 is 0 Å². The Morgan fingerprint density at radius 1 is 0.271 bits per heavy atom. The van der Waals surface area contributed by atoms with Crippen molar-refractivity contribution in [3.63, 3.8) is 0 Å². The van der Waals surface area contributed by atoms with Gasteiger partial charge in [-0.25, -0.2) is 9.13 Å². The van der Waals surface area contributed by atoms with Crippen molar-refractivity contribution in [3.05, 3.63) is 146 Å². The molecule has 0 aliphatic carbocycles. The number of esters is 3. The van der Waals surface area contributed by atoms with Crippen molar-refractivity contribution in [2.24, 2.45) is 0 Å². The molecule has 0 rings (SSSR count). The maximum Gasteiger partial charge on any atom is 0.472 e. The van der Waals surface area contributed by atoms with E-state index in [2.05, 4.69) is 167 Å². The highest BCUT2D eigenvalue weighted by Crippen LogP contribution is 2.45. The molecule has 5 unspecified atom stereocenters. The van der Waals surface area contributed by atoms with Crippen LogP contribution in [0.1, 0.15) is 342 Å². The summed E-state index contributed by atoms with van der Waals surface area (Å²) in [4.78, 5) is 58.8. The number of phosphoric acid groups is 2. The van der Waals surface area contributed by atoms with Crippen molar-refractivity contribution < 1.29 is 75.8 Å². The second kappa shape index (κ2) is 80.9. The SMILES string of the molecule is CC/C=C\C/C=C\C/C=C\C/C=C\CCCCCCCCC(=O)OC(COC(=O)CCCCCCCCCCC/C=C\C/C=C\C/C=C\C/C=C\CCCCC)COP(=O)(O)OCC(O)COP(=O)(O)OCC(O)COC(=O)CCCCCCCCCCCCC/C=C\C/C=C\C/C=C\C/C=C\CCCCC. The second-order valence-electron chi connectivity index (χ2n) is 27.9. The lowest BCUT2D eigenvalue weighted by molar-refractivity contribution is -0.161. The lowest BCUT2D eigenvalue weighted by atomic mass is 10.0. The predicted octanol–water partition coefficient (Wildman–Crippen LogP) is 25.2. The number of hydrogen-bond donors (Lipinski definition) is 4. The van der Waals surface area contributed by atoms with Crippen LogP contribution in [0.5, 0.6) is 0 Å². The van der Waals surface area contributed by atoms with Crippen molar-refractivity contribution in [1.29, 1.82) is 0 Å². The summed E-state index contributed by atoms with van der Waals surface area (Å²) >= 11 is 0. The minimum Gasteiger partial charge on any atom is -0.463 e. The first-order valence-electron chi connectivity index (χ1n) is 42.1. The van der Waals surface area contributed by atoms with Crippen molar-refractivity contribution in [2.45, 2.75) is 360 Å². The number of phosphoric ester groups is 2. The smallest absolute Gasteiger partial charge is 0.463 e. The number of carbonyl (C=O) groups excluding carboxylic acids is 3. The van der Waals surface area contributed by atoms with Gasteiger partial charge in [0.1, 0.15) is 25.4 Å². The maximum absolute atomic E-state index is 13.0. The molecule has 16 nitrogen and oxygen atoms in total. The molecule has 0 aromatic carbocycles. The molecule has 0 fully saturated rings. The van der Waals surface area contributed by atoms with Gasteiger partial charge in [-0.05, 0) is 148 Å². The molecule has 0 saturated carbocycles. The second-order valence-corrected chi connectivity index (χ2v) is 30.8. The first kappa shape index (κ1) is 102. The summed E-state index contributed by atoms with van der Waals surface area (Å²) in [5.74, 6) is -1.60. The minimum atomic E-state index is -4.95. The summed E-state index contributed by atoms with van der Waals surface area (Å²) in [5.41, 5.74) is 0. The molecule has 0 aliphatic heterocycles. The van der Waals surface area contributed by atoms with E-state index in [1.165, 1.54) is 122 Å². The number of allylic oxidation sites excluding steroid dienone is 24. The maximum atomic E-state index is 13.0. The van der Waals surface area contributed by atoms with E-state index in [1.807, 2.05) is 0 Å². The van der Waals surface area contributed by atoms with Crippen LogP contribution in [0.2, 0.25) is 0 Å². The van der Waals surface area contributed by atoms with Crippen LogP contribution in [0.15, 0.2) is 146 Å². The number of rotatable bonds is 79. The van der Waals surface area contributed by atoms with Crippen molar-refractivity contribution in [1.82, 2.24) is 0 Å². The van der Waals surface area contributed by atoms with Gasteiger partial charge in [-0.1, -0.05) is 321 Å². The van der Waals surface area contributed by atoms with Crippen molar-refractivity contribution in [3.8, 4) is 0 Å². The molecule has 614 valence electrons. The zero-order valence-corrected chi connectivity index (χ0v) is 69.1. The third-order valence-corrected chi connectivity index (χ3v) is 19.4. The molecule has 0 spiro atoms. The quantitative estimate of drug-likeness (QED) is 0.0146. The fourth-order valence-electron chi connectivity index (χ4n) is 11.1. The van der Waals surface area contributed by atoms with E-state index >= 15 is 0 Å². The Bertz CT molecular complexity index is 2530. The number of hydrogen-bond acceptors (Lipinski definition) is 14. The molecule has 0 aliphatic rings. The lowest BCUT2D eigenvalue weighted by Crippen LogP contribution is -2.30. The normalized spacial score (nSPS) is 14.6. The van der Waals surface area contributed by atoms with Gasteiger partial charge in [-0.15, -0.1) is 0 Å². The van der Waals surface area contributed by atoms with E-state index in [0.29, 0.717) is 19.3 Å². The average Bonchev–Trinajstić information content (AvgIpc) is 0.942. The van der Waals surface area contributed by atoms with Gasteiger partial charge < -0.3 is 34.2 Å². The van der Waals surface area contributed by atoms with Gasteiger partial charge in [-0.3, -0.25) is 32.5 Å². The van der Waals surface area contributed by atoms with Crippen molar-refractivity contribution in [2.75, 3.05) is 39.6 Å². The van der Waals surface area contributed by atoms with Gasteiger partial charge >= 0.3 is 33.6 Å². The molecule has 0 radical (unpaired) electrons. The van der Waals surface area contributed by atoms with Crippen LogP contribution >= 0.6 is 15.6 Å². The van der Waals surface area contributed by atoms with Gasteiger partial charge in [0.05, 0.1) is 26.4 Å². The minimum absolute atomic E-state index is 0.0831. The van der Waals surface area contributed by atoms with Crippen LogP contribution in [0.3, 0.4) is 0 Å². The summed E-state index contributed by atoms with van der Waals surface area (Å²) < 4.78 is 61.3. The van der Waals surface area contributed by atoms with E-state index in [4.69, 9.17) is 32.3 Å². The number of aliphatic hydroxyl groups is 2. The Morgan fingerprint density at radius 3 is 0.785 bits per heavy atom. The predicted molar refractivity (Wildman–Crippen MR) is 445 cm³/mol. The van der Waals surface area contributed by atoms with Crippen LogP contribution in [0, 0.1) is 0 Å². The molecular weight excluding hydrogens is 1390 g/mol. The largest absolute Gasteiger partial charge is 0.472 e. The van der Waals surface area contributed by atoms with Gasteiger partial charge in [0.15, 0.2) is 6.10 Å². The highest BCUT2D eigenvalue weighted by molar-refractivity contribution is 7.47. The van der Waals surface area contributed by atoms with E-state index in [9.17, 15) is 43.5 Å². The highest BCUT2D eigenvalue weighted by atomic mass is 31.2. The number of aliphatic hydroxyl groups excluding tert-OH is 2. The highest BCUT2D eigenvalue weighted by Gasteiger charge is 2.29. The molecule has 107 heavy (non-hydrogen) atoms. The van der Waals surface area contributed by atoms with E-state index < -0.39 is 91.5 Å². The first-order chi connectivity index (χ1) is 52.2. The molecule has 0 aromatic rings. The summed E-state index contributed by atoms with van der Waals surface area (Å²) in [6.07, 6.45) is 100. The summed E-state index contributed by atoms with van der Waals surface area (Å²) in [7, 11) is -9.81. The van der Waals surface area contributed by atoms with Gasteiger partial charge in [0.25, 0.3) is 0 Å². The molecule has 18 heteroatoms. The molecule has 0 saturated heterocycles. The van der Waals surface area contributed by atoms with Crippen LogP contribution in [0.4, 0.5) is 0 Å². The van der Waals surface area contributed by atoms with E-state index in [-0.39, 0.29) is 19.3 Å². The molecule has 0 amide bonds. The summed E-state index contributed by atoms with van der Waals surface area (Å²) in [5, 5.41) is 20.7. The zero-order chi connectivity index (χ0) is 78.0. The van der Waals surface area contributed by atoms with Crippen molar-refractivity contribution >= 4 is 33.6 Å². The monoisotopic (exact) mass is 1540 g/mol. The lowest BCUT2D eigenvalue weighted by Gasteiger charge is -2.21. The molecule has 0 aromatic heterocycles. The van der Waals surface area contributed by atoms with E-state index in [1.54, 1.807) is 0 Å². The average molecular weight is 1540 g/mol. The third kappa shape index (κ3) is 82.2. The Morgan fingerprint density at radius 2 is 0.495 bits per heavy atom. The fourth-order valence-corrected chi connectivity index (χ4v) is 12.7. The van der Waals surface area contributed by atoms with E-state index in [0.717, 1.165) is 161 Å². The Labute approximate surface area is 651 Å². The summed E-state index contributed by atoms with van der Waals surface area (Å²) in [6.45, 7) is 2.51. The van der Waals surface area contributed by atoms with Gasteiger partial charge in [0, 0.05) is 19.3 Å². The van der Waals surface area contributed by atoms with Gasteiger partial charge in [-0.2, -0.15) is 0 Å². The van der Waals surface area contributed by atoms with Crippen LogP contribution in [-0.2, 0) is 55.8 Å². The Kier molecular flexibility index (Phi) is 77.5. The number of unbranched alkanes of at least 4 members (excludes halogenated alkanes) is 32. The molecule has 5 atom stereocenters. The third-order valence-electron chi connectivity index (χ3n) is 17.5. The summed E-state index contributed by atoms with van der Waals surface area (Å²) in [6, 6.07) is 0. The number of carbonyl (C=O) groups is 3. The van der Waals surface area contributed by atoms with Crippen LogP contribution in [0.25, 0.3) is 0 Å². The molecule has 0 heterocycles. The topological polar surface area (TPSA) is 231 Å². The standard InChI is InChI=1S/C89H152O16P2/c1-4-7-10-13-16-19-22-25-28-31-34-36-38-40-41-43-45-46-49-51-54-57-60-63-66-69-72-75-87(92)99-78-84(90)79-101-106(95,96)102-80-85(91)81-103-107(97,98)104-83-86(105-89(94)77-74-71-68-65-62-59-56-53-48-33-30-27-24-21-18-15-12-9-6-3)82-100-88(93)76-73-70-67-64-61-58-55-52-50-47-44-42-39-37-35-32-29-26-23-20-17-14-11-8-5-2/h9,12,16-21,25-30,34-37,40-42,44,48,53,84-86,90-91H,4-8,10-11,13-15,22-24,31-33,38-39,43,45-47,49-52,54-83H2,1-3H3,(H,95,96)(H,97,98)/b12-9-,19-16-,20-17-,21-18-,28-25-,29-26-,30-27-,36-34-,37-35-,41-40-,44-42-,53-48-. The van der Waals surface area contributed by atoms with Crippen LogP contribution in [-0.4, -0.2) is 95.9 Å². The number of ether oxygens (including phenoxy) is 3. The first-order valence-corrected chi connectivity index (χ1v) is 45.1. The zero-order valence-electron chi connectivity index (χ0n) is 67.3.